The van der Waals surface area contributed by atoms with E-state index in [2.05, 4.69) is 10.2 Å². The van der Waals surface area contributed by atoms with E-state index >= 15 is 0 Å². The molecule has 0 unspecified atom stereocenters. The van der Waals surface area contributed by atoms with Crippen LogP contribution in [-0.4, -0.2) is 10.2 Å². The van der Waals surface area contributed by atoms with E-state index in [9.17, 15) is 0 Å². The van der Waals surface area contributed by atoms with Crippen LogP contribution in [0.5, 0.6) is 0 Å². The standard InChI is InChI=1S/C9H7Cl2N3S2/c10-5-2-1-3-6(8(5)11)15-4-7-13-14-9(12)16-7/h1-3H,4H2,(H2,12,14). The molecule has 0 saturated carbocycles. The Labute approximate surface area is 111 Å². The number of benzene rings is 1. The van der Waals surface area contributed by atoms with Crippen molar-refractivity contribution in [2.24, 2.45) is 0 Å². The number of hydrogen-bond donors (Lipinski definition) is 1. The fourth-order valence-electron chi connectivity index (χ4n) is 1.06. The fourth-order valence-corrected chi connectivity index (χ4v) is 3.15. The molecule has 0 aliphatic rings. The van der Waals surface area contributed by atoms with Crippen LogP contribution in [0, 0.1) is 0 Å². The van der Waals surface area contributed by atoms with Crippen LogP contribution in [0.1, 0.15) is 5.01 Å². The van der Waals surface area contributed by atoms with Gasteiger partial charge in [0.15, 0.2) is 0 Å². The Morgan fingerprint density at radius 2 is 2.12 bits per heavy atom. The predicted molar refractivity (Wildman–Crippen MR) is 70.3 cm³/mol. The molecule has 0 saturated heterocycles. The average molecular weight is 292 g/mol. The Bertz CT molecular complexity index is 501. The minimum Gasteiger partial charge on any atom is -0.374 e. The molecule has 16 heavy (non-hydrogen) atoms. The van der Waals surface area contributed by atoms with E-state index in [1.165, 1.54) is 11.3 Å². The van der Waals surface area contributed by atoms with Gasteiger partial charge in [-0.1, -0.05) is 40.6 Å². The van der Waals surface area contributed by atoms with E-state index < -0.39 is 0 Å². The van der Waals surface area contributed by atoms with Crippen LogP contribution >= 0.6 is 46.3 Å². The van der Waals surface area contributed by atoms with Gasteiger partial charge >= 0.3 is 0 Å². The number of halogens is 2. The Morgan fingerprint density at radius 1 is 1.31 bits per heavy atom. The summed E-state index contributed by atoms with van der Waals surface area (Å²) in [5.41, 5.74) is 5.49. The van der Waals surface area contributed by atoms with Crippen molar-refractivity contribution >= 4 is 51.4 Å². The first-order valence-corrected chi connectivity index (χ1v) is 6.87. The molecule has 84 valence electrons. The van der Waals surface area contributed by atoms with Gasteiger partial charge in [-0.25, -0.2) is 0 Å². The van der Waals surface area contributed by atoms with Crippen molar-refractivity contribution in [3.05, 3.63) is 33.3 Å². The summed E-state index contributed by atoms with van der Waals surface area (Å²) in [4.78, 5) is 0.933. The topological polar surface area (TPSA) is 51.8 Å². The number of hydrogen-bond acceptors (Lipinski definition) is 5. The zero-order valence-electron chi connectivity index (χ0n) is 7.98. The Kier molecular flexibility index (Phi) is 3.91. The Hall–Kier alpha value is -0.490. The van der Waals surface area contributed by atoms with Gasteiger partial charge in [0.2, 0.25) is 5.13 Å². The number of thioether (sulfide) groups is 1. The number of nitrogens with two attached hydrogens (primary N) is 1. The lowest BCUT2D eigenvalue weighted by Crippen LogP contribution is -1.81. The largest absolute Gasteiger partial charge is 0.374 e. The fraction of sp³-hybridized carbons (Fsp3) is 0.111. The normalized spacial score (nSPS) is 10.6. The molecule has 2 rings (SSSR count). The first-order valence-electron chi connectivity index (χ1n) is 4.31. The second-order valence-corrected chi connectivity index (χ2v) is 5.77. The molecule has 0 atom stereocenters. The highest BCUT2D eigenvalue weighted by molar-refractivity contribution is 7.98. The first-order chi connectivity index (χ1) is 7.66. The molecule has 2 aromatic rings. The van der Waals surface area contributed by atoms with E-state index in [4.69, 9.17) is 28.9 Å². The summed E-state index contributed by atoms with van der Waals surface area (Å²) < 4.78 is 0. The molecule has 0 bridgehead atoms. The third-order valence-corrected chi connectivity index (χ3v) is 4.68. The molecule has 0 amide bonds. The lowest BCUT2D eigenvalue weighted by molar-refractivity contribution is 1.05. The third-order valence-electron chi connectivity index (χ3n) is 1.75. The van der Waals surface area contributed by atoms with Crippen molar-refractivity contribution in [1.82, 2.24) is 10.2 Å². The molecule has 0 radical (unpaired) electrons. The molecule has 0 spiro atoms. The van der Waals surface area contributed by atoms with Gasteiger partial charge in [0.25, 0.3) is 0 Å². The van der Waals surface area contributed by atoms with Crippen LogP contribution in [0.25, 0.3) is 0 Å². The van der Waals surface area contributed by atoms with E-state index in [0.29, 0.717) is 20.9 Å². The van der Waals surface area contributed by atoms with Gasteiger partial charge in [-0.15, -0.1) is 22.0 Å². The van der Waals surface area contributed by atoms with Crippen molar-refractivity contribution < 1.29 is 0 Å². The smallest absolute Gasteiger partial charge is 0.203 e. The van der Waals surface area contributed by atoms with Crippen LogP contribution in [0.3, 0.4) is 0 Å². The summed E-state index contributed by atoms with van der Waals surface area (Å²) in [7, 11) is 0. The number of anilines is 1. The van der Waals surface area contributed by atoms with Crippen molar-refractivity contribution in [1.29, 1.82) is 0 Å². The highest BCUT2D eigenvalue weighted by Gasteiger charge is 2.07. The van der Waals surface area contributed by atoms with Gasteiger partial charge in [-0.2, -0.15) is 0 Å². The van der Waals surface area contributed by atoms with Gasteiger partial charge in [0.1, 0.15) is 5.01 Å². The van der Waals surface area contributed by atoms with E-state index in [1.807, 2.05) is 12.1 Å². The summed E-state index contributed by atoms with van der Waals surface area (Å²) in [5.74, 6) is 0.689. The third kappa shape index (κ3) is 2.79. The van der Waals surface area contributed by atoms with Crippen LogP contribution < -0.4 is 5.73 Å². The number of rotatable bonds is 3. The molecular formula is C9H7Cl2N3S2. The second-order valence-electron chi connectivity index (χ2n) is 2.87. The zero-order chi connectivity index (χ0) is 11.5. The molecule has 1 aromatic carbocycles. The highest BCUT2D eigenvalue weighted by Crippen LogP contribution is 2.34. The Morgan fingerprint density at radius 3 is 2.81 bits per heavy atom. The predicted octanol–water partition coefficient (Wildman–Crippen LogP) is 3.72. The van der Waals surface area contributed by atoms with Crippen molar-refractivity contribution in [2.75, 3.05) is 5.73 Å². The van der Waals surface area contributed by atoms with Gasteiger partial charge < -0.3 is 5.73 Å². The van der Waals surface area contributed by atoms with Crippen LogP contribution in [0.4, 0.5) is 5.13 Å². The van der Waals surface area contributed by atoms with Gasteiger partial charge in [-0.05, 0) is 12.1 Å². The highest BCUT2D eigenvalue weighted by atomic mass is 35.5. The second kappa shape index (κ2) is 5.23. The van der Waals surface area contributed by atoms with E-state index in [1.54, 1.807) is 17.8 Å². The van der Waals surface area contributed by atoms with E-state index in [-0.39, 0.29) is 0 Å². The van der Waals surface area contributed by atoms with Crippen molar-refractivity contribution in [3.8, 4) is 0 Å². The quantitative estimate of drug-likeness (QED) is 0.876. The number of nitrogens with zero attached hydrogens (tertiary/aromatic N) is 2. The molecular weight excluding hydrogens is 285 g/mol. The molecule has 3 nitrogen and oxygen atoms in total. The summed E-state index contributed by atoms with van der Waals surface area (Å²) in [6.07, 6.45) is 0. The molecule has 1 heterocycles. The van der Waals surface area contributed by atoms with Crippen LogP contribution in [-0.2, 0) is 5.75 Å². The maximum absolute atomic E-state index is 6.05. The monoisotopic (exact) mass is 291 g/mol. The first kappa shape index (κ1) is 12.0. The number of nitrogen functional groups attached to an aromatic ring is 1. The lowest BCUT2D eigenvalue weighted by Gasteiger charge is -2.03. The summed E-state index contributed by atoms with van der Waals surface area (Å²) in [6.45, 7) is 0. The van der Waals surface area contributed by atoms with Crippen molar-refractivity contribution in [3.63, 3.8) is 0 Å². The molecule has 2 N–H and O–H groups in total. The zero-order valence-corrected chi connectivity index (χ0v) is 11.1. The van der Waals surface area contributed by atoms with Gasteiger partial charge in [0.05, 0.1) is 15.8 Å². The van der Waals surface area contributed by atoms with Gasteiger partial charge in [-0.3, -0.25) is 0 Å². The maximum Gasteiger partial charge on any atom is 0.203 e. The molecule has 0 fully saturated rings. The Balaban J connectivity index is 2.07. The van der Waals surface area contributed by atoms with Crippen molar-refractivity contribution in [2.45, 2.75) is 10.6 Å². The van der Waals surface area contributed by atoms with E-state index in [0.717, 1.165) is 9.90 Å². The van der Waals surface area contributed by atoms with Crippen LogP contribution in [0.15, 0.2) is 23.1 Å². The average Bonchev–Trinajstić information content (AvgIpc) is 2.67. The number of aromatic nitrogens is 2. The minimum atomic E-state index is 0.479. The lowest BCUT2D eigenvalue weighted by atomic mass is 10.4. The molecule has 7 heteroatoms. The minimum absolute atomic E-state index is 0.479. The molecule has 0 aliphatic carbocycles. The summed E-state index contributed by atoms with van der Waals surface area (Å²) >= 11 is 14.9. The summed E-state index contributed by atoms with van der Waals surface area (Å²) in [6, 6.07) is 5.55. The SMILES string of the molecule is Nc1nnc(CSc2cccc(Cl)c2Cl)s1. The molecule has 1 aromatic heterocycles. The van der Waals surface area contributed by atoms with Gasteiger partial charge in [0, 0.05) is 4.90 Å². The molecule has 0 aliphatic heterocycles. The van der Waals surface area contributed by atoms with Crippen LogP contribution in [0.2, 0.25) is 10.0 Å². The summed E-state index contributed by atoms with van der Waals surface area (Å²) in [5, 5.41) is 10.2. The maximum atomic E-state index is 6.05.